The number of carbonyl (C=O) groups is 2. The summed E-state index contributed by atoms with van der Waals surface area (Å²) in [4.78, 5) is 22.5. The van der Waals surface area contributed by atoms with E-state index in [1.165, 1.54) is 13.8 Å². The maximum absolute atomic E-state index is 12.0. The SMILES string of the molecule is CC(C)(C)OC(=O)N1C(C=O)CS(=O)(=O)C1(C)C. The van der Waals surface area contributed by atoms with Crippen molar-refractivity contribution >= 4 is 22.2 Å². The van der Waals surface area contributed by atoms with Gasteiger partial charge in [-0.15, -0.1) is 0 Å². The van der Waals surface area contributed by atoms with Crippen LogP contribution in [0.1, 0.15) is 34.6 Å². The van der Waals surface area contributed by atoms with Crippen molar-refractivity contribution in [1.82, 2.24) is 4.90 Å². The molecule has 0 N–H and O–H groups in total. The third kappa shape index (κ3) is 2.50. The third-order valence-electron chi connectivity index (χ3n) is 2.81. The molecule has 0 spiro atoms. The highest BCUT2D eigenvalue weighted by Gasteiger charge is 2.55. The van der Waals surface area contributed by atoms with E-state index in [9.17, 15) is 18.0 Å². The highest BCUT2D eigenvalue weighted by atomic mass is 32.2. The van der Waals surface area contributed by atoms with Crippen molar-refractivity contribution in [3.8, 4) is 0 Å². The van der Waals surface area contributed by atoms with E-state index < -0.39 is 32.4 Å². The lowest BCUT2D eigenvalue weighted by Gasteiger charge is -2.33. The van der Waals surface area contributed by atoms with Crippen LogP contribution in [0.15, 0.2) is 0 Å². The van der Waals surface area contributed by atoms with Crippen LogP contribution in [0.25, 0.3) is 0 Å². The molecule has 0 aromatic carbocycles. The molecular formula is C11H19NO5S. The lowest BCUT2D eigenvalue weighted by atomic mass is 10.2. The van der Waals surface area contributed by atoms with E-state index in [0.717, 1.165) is 4.90 Å². The highest BCUT2D eigenvalue weighted by Crippen LogP contribution is 2.34. The molecule has 7 heteroatoms. The van der Waals surface area contributed by atoms with Crippen molar-refractivity contribution in [1.29, 1.82) is 0 Å². The normalized spacial score (nSPS) is 25.8. The van der Waals surface area contributed by atoms with E-state index in [-0.39, 0.29) is 5.75 Å². The average Bonchev–Trinajstić information content (AvgIpc) is 2.29. The van der Waals surface area contributed by atoms with Gasteiger partial charge in [-0.2, -0.15) is 0 Å². The molecule has 0 aromatic heterocycles. The lowest BCUT2D eigenvalue weighted by molar-refractivity contribution is -0.112. The van der Waals surface area contributed by atoms with E-state index in [1.54, 1.807) is 20.8 Å². The van der Waals surface area contributed by atoms with Gasteiger partial charge in [0.05, 0.1) is 5.75 Å². The van der Waals surface area contributed by atoms with Crippen molar-refractivity contribution in [3.05, 3.63) is 0 Å². The van der Waals surface area contributed by atoms with Crippen LogP contribution in [-0.2, 0) is 19.4 Å². The molecule has 0 saturated carbocycles. The first-order chi connectivity index (χ1) is 7.92. The van der Waals surface area contributed by atoms with Crippen molar-refractivity contribution in [2.24, 2.45) is 0 Å². The molecule has 18 heavy (non-hydrogen) atoms. The number of hydrogen-bond acceptors (Lipinski definition) is 5. The van der Waals surface area contributed by atoms with Crippen LogP contribution < -0.4 is 0 Å². The number of rotatable bonds is 1. The number of carbonyl (C=O) groups excluding carboxylic acids is 2. The van der Waals surface area contributed by atoms with Gasteiger partial charge < -0.3 is 9.53 Å². The van der Waals surface area contributed by atoms with E-state index in [1.807, 2.05) is 0 Å². The zero-order chi connectivity index (χ0) is 14.4. The van der Waals surface area contributed by atoms with Gasteiger partial charge in [0.15, 0.2) is 9.84 Å². The minimum atomic E-state index is -3.54. The van der Waals surface area contributed by atoms with Gasteiger partial charge in [0.25, 0.3) is 0 Å². The Labute approximate surface area is 107 Å². The molecule has 1 amide bonds. The summed E-state index contributed by atoms with van der Waals surface area (Å²) in [6.07, 6.45) is -0.318. The fourth-order valence-electron chi connectivity index (χ4n) is 1.82. The summed E-state index contributed by atoms with van der Waals surface area (Å²) in [5.74, 6) is -0.358. The van der Waals surface area contributed by atoms with Crippen molar-refractivity contribution in [3.63, 3.8) is 0 Å². The smallest absolute Gasteiger partial charge is 0.412 e. The van der Waals surface area contributed by atoms with Crippen molar-refractivity contribution < 1.29 is 22.7 Å². The maximum Gasteiger partial charge on any atom is 0.412 e. The molecule has 1 saturated heterocycles. The van der Waals surface area contributed by atoms with Gasteiger partial charge in [0, 0.05) is 0 Å². The van der Waals surface area contributed by atoms with Crippen LogP contribution >= 0.6 is 0 Å². The van der Waals surface area contributed by atoms with E-state index in [2.05, 4.69) is 0 Å². The Hall–Kier alpha value is -1.11. The number of nitrogens with zero attached hydrogens (tertiary/aromatic N) is 1. The Morgan fingerprint density at radius 1 is 1.39 bits per heavy atom. The number of hydrogen-bond donors (Lipinski definition) is 0. The molecule has 1 rings (SSSR count). The maximum atomic E-state index is 12.0. The third-order valence-corrected chi connectivity index (χ3v) is 5.31. The van der Waals surface area contributed by atoms with Gasteiger partial charge in [-0.05, 0) is 34.6 Å². The number of aldehydes is 1. The van der Waals surface area contributed by atoms with Gasteiger partial charge in [-0.3, -0.25) is 4.90 Å². The topological polar surface area (TPSA) is 80.8 Å². The molecule has 1 atom stereocenters. The van der Waals surface area contributed by atoms with Crippen LogP contribution in [0.5, 0.6) is 0 Å². The zero-order valence-corrected chi connectivity index (χ0v) is 12.1. The molecule has 1 fully saturated rings. The van der Waals surface area contributed by atoms with Crippen LogP contribution in [-0.4, -0.2) is 48.0 Å². The van der Waals surface area contributed by atoms with Gasteiger partial charge in [-0.1, -0.05) is 0 Å². The number of ether oxygens (including phenoxy) is 1. The van der Waals surface area contributed by atoms with Crippen molar-refractivity contribution in [2.45, 2.75) is 51.1 Å². The summed E-state index contributed by atoms with van der Waals surface area (Å²) in [7, 11) is -3.54. The largest absolute Gasteiger partial charge is 0.444 e. The molecule has 104 valence electrons. The molecule has 1 aliphatic rings. The first-order valence-electron chi connectivity index (χ1n) is 5.62. The summed E-state index contributed by atoms with van der Waals surface area (Å²) < 4.78 is 29.0. The fourth-order valence-corrected chi connectivity index (χ4v) is 3.41. The second kappa shape index (κ2) is 4.22. The Balaban J connectivity index is 3.13. The Bertz CT molecular complexity index is 460. The molecule has 6 nitrogen and oxygen atoms in total. The Morgan fingerprint density at radius 2 is 1.89 bits per heavy atom. The molecule has 0 bridgehead atoms. The minimum Gasteiger partial charge on any atom is -0.444 e. The summed E-state index contributed by atoms with van der Waals surface area (Å²) >= 11 is 0. The minimum absolute atomic E-state index is 0.358. The quantitative estimate of drug-likeness (QED) is 0.667. The predicted octanol–water partition coefficient (Wildman–Crippen LogP) is 0.956. The first-order valence-corrected chi connectivity index (χ1v) is 7.27. The zero-order valence-electron chi connectivity index (χ0n) is 11.3. The molecule has 1 aliphatic heterocycles. The predicted molar refractivity (Wildman–Crippen MR) is 65.8 cm³/mol. The molecule has 0 aliphatic carbocycles. The Kier molecular flexibility index (Phi) is 3.51. The first kappa shape index (κ1) is 14.9. The van der Waals surface area contributed by atoms with Crippen LogP contribution in [0.4, 0.5) is 4.79 Å². The van der Waals surface area contributed by atoms with E-state index in [0.29, 0.717) is 6.29 Å². The van der Waals surface area contributed by atoms with E-state index >= 15 is 0 Å². The highest BCUT2D eigenvalue weighted by molar-refractivity contribution is 7.93. The summed E-state index contributed by atoms with van der Waals surface area (Å²) in [5, 5.41) is 0. The molecular weight excluding hydrogens is 258 g/mol. The Morgan fingerprint density at radius 3 is 2.28 bits per heavy atom. The van der Waals surface area contributed by atoms with Gasteiger partial charge in [-0.25, -0.2) is 13.2 Å². The van der Waals surface area contributed by atoms with Crippen molar-refractivity contribution in [2.75, 3.05) is 5.75 Å². The monoisotopic (exact) mass is 277 g/mol. The molecule has 0 radical (unpaired) electrons. The molecule has 1 unspecified atom stereocenters. The second-order valence-electron chi connectivity index (χ2n) is 5.78. The standard InChI is InChI=1S/C11H19NO5S/c1-10(2,3)17-9(14)12-8(6-13)7-18(15,16)11(12,4)5/h6,8H,7H2,1-5H3. The molecule has 0 aromatic rings. The number of amides is 1. The second-order valence-corrected chi connectivity index (χ2v) is 8.34. The summed E-state index contributed by atoms with van der Waals surface area (Å²) in [6.45, 7) is 7.83. The van der Waals surface area contributed by atoms with E-state index in [4.69, 9.17) is 4.74 Å². The van der Waals surface area contributed by atoms with Gasteiger partial charge in [0.1, 0.15) is 22.8 Å². The van der Waals surface area contributed by atoms with Crippen LogP contribution in [0, 0.1) is 0 Å². The average molecular weight is 277 g/mol. The van der Waals surface area contributed by atoms with Crippen LogP contribution in [0.2, 0.25) is 0 Å². The lowest BCUT2D eigenvalue weighted by Crippen LogP contribution is -2.51. The summed E-state index contributed by atoms with van der Waals surface area (Å²) in [5.41, 5.74) is -0.743. The fraction of sp³-hybridized carbons (Fsp3) is 0.818. The van der Waals surface area contributed by atoms with Gasteiger partial charge in [0.2, 0.25) is 0 Å². The van der Waals surface area contributed by atoms with Crippen LogP contribution in [0.3, 0.4) is 0 Å². The van der Waals surface area contributed by atoms with Gasteiger partial charge >= 0.3 is 6.09 Å². The number of sulfone groups is 1. The summed E-state index contributed by atoms with van der Waals surface area (Å²) in [6, 6.07) is -0.986. The molecule has 1 heterocycles.